The zero-order valence-corrected chi connectivity index (χ0v) is 11.3. The lowest BCUT2D eigenvalue weighted by molar-refractivity contribution is -0.142. The standard InChI is InChI=1S/C13H19NO2S/c1-4-17-12-7-5-6-11(8-12)9-14(3)10(2)13(15)16/h5-8,10H,4,9H2,1-3H3,(H,15,16). The first-order chi connectivity index (χ1) is 8.04. The molecule has 4 heteroatoms. The number of likely N-dealkylation sites (N-methyl/N-ethyl adjacent to an activating group) is 1. The van der Waals surface area contributed by atoms with E-state index in [4.69, 9.17) is 5.11 Å². The Morgan fingerprint density at radius 2 is 2.24 bits per heavy atom. The molecule has 0 aromatic heterocycles. The summed E-state index contributed by atoms with van der Waals surface area (Å²) in [6.45, 7) is 4.48. The van der Waals surface area contributed by atoms with Gasteiger partial charge in [0.1, 0.15) is 6.04 Å². The number of hydrogen-bond donors (Lipinski definition) is 1. The second kappa shape index (κ2) is 6.67. The number of benzene rings is 1. The van der Waals surface area contributed by atoms with Gasteiger partial charge in [-0.05, 0) is 37.4 Å². The molecule has 0 radical (unpaired) electrons. The molecule has 1 rings (SSSR count). The van der Waals surface area contributed by atoms with Crippen LogP contribution >= 0.6 is 11.8 Å². The number of aliphatic carboxylic acids is 1. The van der Waals surface area contributed by atoms with Crippen LogP contribution in [-0.2, 0) is 11.3 Å². The number of carbonyl (C=O) groups is 1. The Bertz CT molecular complexity index is 381. The minimum atomic E-state index is -0.786. The third-order valence-corrected chi connectivity index (χ3v) is 3.54. The summed E-state index contributed by atoms with van der Waals surface area (Å²) < 4.78 is 0. The van der Waals surface area contributed by atoms with Crippen LogP contribution < -0.4 is 0 Å². The van der Waals surface area contributed by atoms with Crippen LogP contribution in [0.25, 0.3) is 0 Å². The van der Waals surface area contributed by atoms with Crippen LogP contribution in [0, 0.1) is 0 Å². The van der Waals surface area contributed by atoms with Crippen LogP contribution in [0.4, 0.5) is 0 Å². The molecular formula is C13H19NO2S. The molecule has 1 aromatic carbocycles. The molecule has 0 heterocycles. The first-order valence-electron chi connectivity index (χ1n) is 5.69. The molecule has 0 bridgehead atoms. The van der Waals surface area contributed by atoms with E-state index >= 15 is 0 Å². The van der Waals surface area contributed by atoms with Crippen molar-refractivity contribution in [2.45, 2.75) is 31.3 Å². The summed E-state index contributed by atoms with van der Waals surface area (Å²) in [5, 5.41) is 8.92. The summed E-state index contributed by atoms with van der Waals surface area (Å²) >= 11 is 1.80. The third-order valence-electron chi connectivity index (χ3n) is 2.66. The average Bonchev–Trinajstić information content (AvgIpc) is 2.28. The van der Waals surface area contributed by atoms with E-state index in [1.54, 1.807) is 18.7 Å². The Morgan fingerprint density at radius 3 is 2.82 bits per heavy atom. The van der Waals surface area contributed by atoms with Crippen LogP contribution in [0.5, 0.6) is 0 Å². The fraction of sp³-hybridized carbons (Fsp3) is 0.462. The highest BCUT2D eigenvalue weighted by Gasteiger charge is 2.16. The molecule has 1 atom stereocenters. The van der Waals surface area contributed by atoms with E-state index in [0.717, 1.165) is 11.3 Å². The Balaban J connectivity index is 2.67. The molecule has 0 aliphatic rings. The van der Waals surface area contributed by atoms with Gasteiger partial charge in [-0.3, -0.25) is 9.69 Å². The van der Waals surface area contributed by atoms with Gasteiger partial charge >= 0.3 is 5.97 Å². The maximum Gasteiger partial charge on any atom is 0.320 e. The summed E-state index contributed by atoms with van der Waals surface area (Å²) in [5.74, 6) is 0.261. The van der Waals surface area contributed by atoms with Crippen molar-refractivity contribution in [3.05, 3.63) is 29.8 Å². The molecule has 0 amide bonds. The fourth-order valence-corrected chi connectivity index (χ4v) is 2.26. The van der Waals surface area contributed by atoms with Crippen molar-refractivity contribution in [2.24, 2.45) is 0 Å². The molecule has 1 aromatic rings. The summed E-state index contributed by atoms with van der Waals surface area (Å²) in [5.41, 5.74) is 1.15. The largest absolute Gasteiger partial charge is 0.480 e. The van der Waals surface area contributed by atoms with Crippen LogP contribution in [0.15, 0.2) is 29.2 Å². The Morgan fingerprint density at radius 1 is 1.53 bits per heavy atom. The Labute approximate surface area is 107 Å². The Kier molecular flexibility index (Phi) is 5.51. The molecule has 1 unspecified atom stereocenters. The highest BCUT2D eigenvalue weighted by atomic mass is 32.2. The van der Waals surface area contributed by atoms with Gasteiger partial charge in [-0.25, -0.2) is 0 Å². The van der Waals surface area contributed by atoms with Gasteiger partial charge in [0.05, 0.1) is 0 Å². The van der Waals surface area contributed by atoms with E-state index in [-0.39, 0.29) is 0 Å². The van der Waals surface area contributed by atoms with Gasteiger partial charge in [0.15, 0.2) is 0 Å². The second-order valence-corrected chi connectivity index (χ2v) is 5.35. The van der Waals surface area contributed by atoms with Crippen molar-refractivity contribution in [3.8, 4) is 0 Å². The topological polar surface area (TPSA) is 40.5 Å². The lowest BCUT2D eigenvalue weighted by Gasteiger charge is -2.21. The highest BCUT2D eigenvalue weighted by Crippen LogP contribution is 2.19. The van der Waals surface area contributed by atoms with Gasteiger partial charge in [-0.1, -0.05) is 19.1 Å². The van der Waals surface area contributed by atoms with Crippen LogP contribution in [0.1, 0.15) is 19.4 Å². The number of nitrogens with zero attached hydrogens (tertiary/aromatic N) is 1. The van der Waals surface area contributed by atoms with Crippen molar-refractivity contribution in [2.75, 3.05) is 12.8 Å². The molecule has 0 spiro atoms. The van der Waals surface area contributed by atoms with Gasteiger partial charge in [0.25, 0.3) is 0 Å². The number of hydrogen-bond acceptors (Lipinski definition) is 3. The maximum absolute atomic E-state index is 10.9. The van der Waals surface area contributed by atoms with Crippen molar-refractivity contribution >= 4 is 17.7 Å². The van der Waals surface area contributed by atoms with Gasteiger partial charge in [0, 0.05) is 11.4 Å². The third kappa shape index (κ3) is 4.40. The van der Waals surface area contributed by atoms with Gasteiger partial charge in [0.2, 0.25) is 0 Å². The predicted octanol–water partition coefficient (Wildman–Crippen LogP) is 2.70. The van der Waals surface area contributed by atoms with E-state index in [1.165, 1.54) is 4.90 Å². The number of carboxylic acid groups (broad SMARTS) is 1. The zero-order valence-electron chi connectivity index (χ0n) is 10.5. The monoisotopic (exact) mass is 253 g/mol. The summed E-state index contributed by atoms with van der Waals surface area (Å²) in [7, 11) is 1.83. The molecule has 0 saturated heterocycles. The van der Waals surface area contributed by atoms with Crippen LogP contribution in [-0.4, -0.2) is 34.8 Å². The lowest BCUT2D eigenvalue weighted by Crippen LogP contribution is -2.35. The summed E-state index contributed by atoms with van der Waals surface area (Å²) in [4.78, 5) is 13.9. The summed E-state index contributed by atoms with van der Waals surface area (Å²) in [6.07, 6.45) is 0. The van der Waals surface area contributed by atoms with Crippen molar-refractivity contribution in [1.82, 2.24) is 4.90 Å². The normalized spacial score (nSPS) is 12.7. The van der Waals surface area contributed by atoms with Crippen molar-refractivity contribution in [3.63, 3.8) is 0 Å². The molecule has 1 N–H and O–H groups in total. The zero-order chi connectivity index (χ0) is 12.8. The molecule has 17 heavy (non-hydrogen) atoms. The molecule has 0 aliphatic carbocycles. The van der Waals surface area contributed by atoms with Gasteiger partial charge < -0.3 is 5.11 Å². The van der Waals surface area contributed by atoms with Crippen molar-refractivity contribution < 1.29 is 9.90 Å². The van der Waals surface area contributed by atoms with E-state index in [1.807, 2.05) is 24.1 Å². The van der Waals surface area contributed by atoms with Crippen LogP contribution in [0.2, 0.25) is 0 Å². The summed E-state index contributed by atoms with van der Waals surface area (Å²) in [6, 6.07) is 7.80. The van der Waals surface area contributed by atoms with E-state index in [2.05, 4.69) is 19.1 Å². The lowest BCUT2D eigenvalue weighted by atomic mass is 10.2. The smallest absolute Gasteiger partial charge is 0.320 e. The van der Waals surface area contributed by atoms with E-state index in [0.29, 0.717) is 6.54 Å². The first-order valence-corrected chi connectivity index (χ1v) is 6.68. The second-order valence-electron chi connectivity index (χ2n) is 4.01. The molecular weight excluding hydrogens is 234 g/mol. The molecule has 0 saturated carbocycles. The highest BCUT2D eigenvalue weighted by molar-refractivity contribution is 7.99. The number of thioether (sulfide) groups is 1. The quantitative estimate of drug-likeness (QED) is 0.791. The van der Waals surface area contributed by atoms with E-state index < -0.39 is 12.0 Å². The SMILES string of the molecule is CCSc1cccc(CN(C)C(C)C(=O)O)c1. The van der Waals surface area contributed by atoms with Gasteiger partial charge in [-0.15, -0.1) is 11.8 Å². The minimum Gasteiger partial charge on any atom is -0.480 e. The molecule has 0 aliphatic heterocycles. The number of carboxylic acids is 1. The molecule has 94 valence electrons. The minimum absolute atomic E-state index is 0.461. The maximum atomic E-state index is 10.9. The fourth-order valence-electron chi connectivity index (χ4n) is 1.51. The molecule has 0 fully saturated rings. The van der Waals surface area contributed by atoms with Gasteiger partial charge in [-0.2, -0.15) is 0 Å². The number of rotatable bonds is 6. The van der Waals surface area contributed by atoms with Crippen LogP contribution in [0.3, 0.4) is 0 Å². The Hall–Kier alpha value is -1.00. The molecule has 3 nitrogen and oxygen atoms in total. The van der Waals surface area contributed by atoms with E-state index in [9.17, 15) is 4.79 Å². The van der Waals surface area contributed by atoms with Crippen molar-refractivity contribution in [1.29, 1.82) is 0 Å². The first kappa shape index (κ1) is 14.1. The average molecular weight is 253 g/mol. The predicted molar refractivity (Wildman–Crippen MR) is 71.4 cm³/mol.